The largest absolute Gasteiger partial charge is 0.453 e. The Morgan fingerprint density at radius 1 is 0.796 bits per heavy atom. The Balaban J connectivity index is 1.29. The van der Waals surface area contributed by atoms with Gasteiger partial charge in [-0.3, -0.25) is 14.4 Å². The molecule has 0 spiro atoms. The van der Waals surface area contributed by atoms with Gasteiger partial charge in [-0.05, 0) is 59.9 Å². The van der Waals surface area contributed by atoms with Crippen LogP contribution in [0.25, 0.3) is 33.6 Å². The van der Waals surface area contributed by atoms with Crippen LogP contribution in [0.2, 0.25) is 0 Å². The van der Waals surface area contributed by atoms with Crippen molar-refractivity contribution in [2.75, 3.05) is 33.3 Å². The predicted octanol–water partition coefficient (Wildman–Crippen LogP) is 4.20. The molecule has 4 amide bonds. The van der Waals surface area contributed by atoms with E-state index in [-0.39, 0.29) is 24.9 Å². The van der Waals surface area contributed by atoms with E-state index in [0.717, 1.165) is 60.2 Å². The minimum atomic E-state index is -0.645. The van der Waals surface area contributed by atoms with Gasteiger partial charge < -0.3 is 35.1 Å². The topological polar surface area (TPSA) is 165 Å². The van der Waals surface area contributed by atoms with Crippen molar-refractivity contribution < 1.29 is 23.9 Å². The van der Waals surface area contributed by atoms with E-state index in [2.05, 4.69) is 71.7 Å². The molecule has 2 heterocycles. The summed E-state index contributed by atoms with van der Waals surface area (Å²) in [7, 11) is 1.26. The summed E-state index contributed by atoms with van der Waals surface area (Å²) in [6.07, 6.45) is 8.13. The van der Waals surface area contributed by atoms with E-state index in [0.29, 0.717) is 44.2 Å². The zero-order valence-electron chi connectivity index (χ0n) is 28.3. The van der Waals surface area contributed by atoms with Crippen LogP contribution in [0.3, 0.4) is 0 Å². The summed E-state index contributed by atoms with van der Waals surface area (Å²) in [6, 6.07) is 12.7. The highest BCUT2D eigenvalue weighted by atomic mass is 16.5. The standard InChI is InChI=1S/C36H44N8O5/c1-4-15-43(34(46)19-37-23-45)22-33-39-18-31(42-33)29-14-13-26(27-7-6-8-28(27)29)24-9-11-25(12-10-24)30-17-38-32(41-30)21-44(16-5-2)35(47)20-40-36(48)49-3/h9-14,17-18,23H,4-8,15-16,19-22H2,1-3H3,(H,37,45)(H,38,41)(H,39,42)(H,40,48). The molecule has 0 fully saturated rings. The summed E-state index contributed by atoms with van der Waals surface area (Å²) in [6.45, 7) is 5.60. The number of alkyl carbamates (subject to hydrolysis) is 1. The maximum Gasteiger partial charge on any atom is 0.407 e. The molecule has 1 aliphatic rings. The van der Waals surface area contributed by atoms with E-state index >= 15 is 0 Å². The quantitative estimate of drug-likeness (QED) is 0.130. The summed E-state index contributed by atoms with van der Waals surface area (Å²) in [5.74, 6) is 1.01. The van der Waals surface area contributed by atoms with Gasteiger partial charge in [-0.25, -0.2) is 14.8 Å². The maximum atomic E-state index is 12.7. The minimum absolute atomic E-state index is 0.0329. The number of aromatic nitrogens is 4. The number of nitrogens with one attached hydrogen (secondary N) is 4. The molecule has 49 heavy (non-hydrogen) atoms. The summed E-state index contributed by atoms with van der Waals surface area (Å²) < 4.78 is 4.56. The number of amides is 4. The van der Waals surface area contributed by atoms with Crippen molar-refractivity contribution in [3.63, 3.8) is 0 Å². The van der Waals surface area contributed by atoms with Gasteiger partial charge in [0.25, 0.3) is 0 Å². The lowest BCUT2D eigenvalue weighted by Gasteiger charge is -2.21. The lowest BCUT2D eigenvalue weighted by atomic mass is 9.92. The number of hydrogen-bond acceptors (Lipinski definition) is 7. The molecule has 4 aromatic rings. The number of fused-ring (bicyclic) bond motifs is 1. The summed E-state index contributed by atoms with van der Waals surface area (Å²) in [4.78, 5) is 66.6. The zero-order valence-corrected chi connectivity index (χ0v) is 28.3. The Morgan fingerprint density at radius 2 is 1.35 bits per heavy atom. The maximum absolute atomic E-state index is 12.7. The van der Waals surface area contributed by atoms with Gasteiger partial charge in [0.1, 0.15) is 18.2 Å². The van der Waals surface area contributed by atoms with Crippen LogP contribution in [0.5, 0.6) is 0 Å². The van der Waals surface area contributed by atoms with E-state index in [1.807, 2.05) is 20.0 Å². The molecule has 0 unspecified atom stereocenters. The van der Waals surface area contributed by atoms with Crippen LogP contribution in [0, 0.1) is 0 Å². The molecular formula is C36H44N8O5. The second-order valence-electron chi connectivity index (χ2n) is 12.0. The van der Waals surface area contributed by atoms with Crippen LogP contribution in [0.4, 0.5) is 4.79 Å². The van der Waals surface area contributed by atoms with Gasteiger partial charge in [0, 0.05) is 18.7 Å². The molecule has 2 aromatic heterocycles. The molecule has 13 nitrogen and oxygen atoms in total. The molecule has 0 atom stereocenters. The first-order valence-electron chi connectivity index (χ1n) is 16.7. The molecule has 5 rings (SSSR count). The number of methoxy groups -OCH3 is 1. The third-order valence-corrected chi connectivity index (χ3v) is 8.62. The van der Waals surface area contributed by atoms with Crippen LogP contribution in [0.15, 0.2) is 48.8 Å². The van der Waals surface area contributed by atoms with Gasteiger partial charge in [0.2, 0.25) is 18.2 Å². The first kappa shape index (κ1) is 34.9. The number of ether oxygens (including phenoxy) is 1. The fraction of sp³-hybridized carbons (Fsp3) is 0.389. The molecule has 0 radical (unpaired) electrons. The van der Waals surface area contributed by atoms with Crippen molar-refractivity contribution in [2.24, 2.45) is 0 Å². The van der Waals surface area contributed by atoms with E-state index in [1.54, 1.807) is 16.0 Å². The smallest absolute Gasteiger partial charge is 0.407 e. The second kappa shape index (κ2) is 16.6. The highest BCUT2D eigenvalue weighted by Crippen LogP contribution is 2.38. The number of imidazole rings is 2. The number of carbonyl (C=O) groups excluding carboxylic acids is 4. The number of carbonyl (C=O) groups is 4. The molecule has 0 bridgehead atoms. The third kappa shape index (κ3) is 8.53. The average Bonchev–Trinajstić information content (AvgIpc) is 3.91. The van der Waals surface area contributed by atoms with Gasteiger partial charge in [0.15, 0.2) is 0 Å². The third-order valence-electron chi connectivity index (χ3n) is 8.62. The molecule has 0 saturated carbocycles. The number of aromatic amines is 2. The van der Waals surface area contributed by atoms with E-state index in [9.17, 15) is 19.2 Å². The summed E-state index contributed by atoms with van der Waals surface area (Å²) in [5.41, 5.74) is 8.91. The number of nitrogens with zero attached hydrogens (tertiary/aromatic N) is 4. The SMILES string of the molecule is CCCN(Cc1ncc(-c2ccc(-c3ccc(-c4cnc(CN(CCC)C(=O)CNC=O)[nH]4)c4c3CCC4)cc2)[nH]1)C(=O)CNC(=O)OC. The van der Waals surface area contributed by atoms with Crippen molar-refractivity contribution in [3.05, 3.63) is 71.6 Å². The lowest BCUT2D eigenvalue weighted by Crippen LogP contribution is -2.40. The van der Waals surface area contributed by atoms with Crippen molar-refractivity contribution in [1.82, 2.24) is 40.4 Å². The monoisotopic (exact) mass is 668 g/mol. The number of hydrogen-bond donors (Lipinski definition) is 4. The van der Waals surface area contributed by atoms with Gasteiger partial charge in [-0.15, -0.1) is 0 Å². The van der Waals surface area contributed by atoms with Crippen molar-refractivity contribution >= 4 is 24.3 Å². The Hall–Kier alpha value is -5.46. The van der Waals surface area contributed by atoms with Gasteiger partial charge >= 0.3 is 6.09 Å². The van der Waals surface area contributed by atoms with Gasteiger partial charge in [-0.1, -0.05) is 50.2 Å². The van der Waals surface area contributed by atoms with E-state index in [1.165, 1.54) is 23.8 Å². The fourth-order valence-electron chi connectivity index (χ4n) is 6.29. The van der Waals surface area contributed by atoms with Gasteiger partial charge in [0.05, 0.1) is 50.5 Å². The molecule has 0 aliphatic heterocycles. The summed E-state index contributed by atoms with van der Waals surface area (Å²) in [5, 5.41) is 4.90. The van der Waals surface area contributed by atoms with Gasteiger partial charge in [-0.2, -0.15) is 0 Å². The predicted molar refractivity (Wildman–Crippen MR) is 185 cm³/mol. The Kier molecular flexibility index (Phi) is 11.8. The van der Waals surface area contributed by atoms with Crippen LogP contribution < -0.4 is 10.6 Å². The van der Waals surface area contributed by atoms with E-state index in [4.69, 9.17) is 0 Å². The minimum Gasteiger partial charge on any atom is -0.453 e. The molecule has 258 valence electrons. The molecule has 4 N–H and O–H groups in total. The Morgan fingerprint density at radius 3 is 1.96 bits per heavy atom. The first-order chi connectivity index (χ1) is 23.8. The second-order valence-corrected chi connectivity index (χ2v) is 12.0. The highest BCUT2D eigenvalue weighted by molar-refractivity contribution is 5.82. The average molecular weight is 669 g/mol. The molecule has 1 aliphatic carbocycles. The molecular weight excluding hydrogens is 624 g/mol. The first-order valence-corrected chi connectivity index (χ1v) is 16.7. The number of benzene rings is 2. The normalized spacial score (nSPS) is 11.9. The van der Waals surface area contributed by atoms with Crippen molar-refractivity contribution in [1.29, 1.82) is 0 Å². The van der Waals surface area contributed by atoms with E-state index < -0.39 is 6.09 Å². The van der Waals surface area contributed by atoms with Crippen LogP contribution in [0.1, 0.15) is 55.9 Å². The Labute approximate surface area is 285 Å². The summed E-state index contributed by atoms with van der Waals surface area (Å²) >= 11 is 0. The van der Waals surface area contributed by atoms with Crippen LogP contribution in [-0.4, -0.2) is 87.3 Å². The number of rotatable bonds is 16. The highest BCUT2D eigenvalue weighted by Gasteiger charge is 2.22. The van der Waals surface area contributed by atoms with Crippen molar-refractivity contribution in [2.45, 2.75) is 59.0 Å². The van der Waals surface area contributed by atoms with Crippen molar-refractivity contribution in [3.8, 4) is 33.6 Å². The molecule has 13 heteroatoms. The van der Waals surface area contributed by atoms with Crippen LogP contribution in [-0.2, 0) is 45.1 Å². The fourth-order valence-corrected chi connectivity index (χ4v) is 6.29. The number of H-pyrrole nitrogens is 2. The lowest BCUT2D eigenvalue weighted by molar-refractivity contribution is -0.132. The molecule has 2 aromatic carbocycles. The van der Waals surface area contributed by atoms with Crippen LogP contribution >= 0.6 is 0 Å². The Bertz CT molecular complexity index is 1760. The molecule has 0 saturated heterocycles. The zero-order chi connectivity index (χ0) is 34.8.